The molecule has 2 heterocycles. The Morgan fingerprint density at radius 3 is 2.62 bits per heavy atom. The van der Waals surface area contributed by atoms with Crippen molar-refractivity contribution < 1.29 is 23.4 Å². The second-order valence-corrected chi connectivity index (χ2v) is 5.98. The number of carbonyl (C=O) groups excluding carboxylic acids is 1. The Hall–Kier alpha value is -3.15. The maximum atomic E-state index is 13.0. The predicted molar refractivity (Wildman–Crippen MR) is 93.7 cm³/mol. The van der Waals surface area contributed by atoms with Crippen LogP contribution < -0.4 is 9.47 Å². The average molecular weight is 353 g/mol. The third kappa shape index (κ3) is 3.59. The smallest absolute Gasteiger partial charge is 0.363 e. The van der Waals surface area contributed by atoms with Crippen LogP contribution in [-0.4, -0.2) is 25.1 Å². The van der Waals surface area contributed by atoms with E-state index in [9.17, 15) is 9.18 Å². The van der Waals surface area contributed by atoms with Gasteiger partial charge in [0.15, 0.2) is 17.2 Å². The van der Waals surface area contributed by atoms with Gasteiger partial charge in [0, 0.05) is 12.8 Å². The highest BCUT2D eigenvalue weighted by atomic mass is 19.1. The minimum Gasteiger partial charge on any atom is -0.490 e. The van der Waals surface area contributed by atoms with Crippen LogP contribution in [0.1, 0.15) is 17.5 Å². The van der Waals surface area contributed by atoms with Crippen molar-refractivity contribution in [2.45, 2.75) is 12.8 Å². The van der Waals surface area contributed by atoms with Gasteiger partial charge in [-0.1, -0.05) is 18.2 Å². The molecule has 0 saturated carbocycles. The number of halogens is 1. The molecule has 2 aromatic carbocycles. The Balaban J connectivity index is 1.55. The summed E-state index contributed by atoms with van der Waals surface area (Å²) in [5.41, 5.74) is 1.80. The first kappa shape index (κ1) is 16.3. The lowest BCUT2D eigenvalue weighted by atomic mass is 10.1. The minimum atomic E-state index is -0.505. The zero-order valence-corrected chi connectivity index (χ0v) is 13.9. The number of fused-ring (bicyclic) bond motifs is 1. The first-order valence-electron chi connectivity index (χ1n) is 8.33. The molecule has 132 valence electrons. The van der Waals surface area contributed by atoms with E-state index in [1.807, 2.05) is 18.2 Å². The van der Waals surface area contributed by atoms with Gasteiger partial charge in [-0.3, -0.25) is 0 Å². The number of esters is 1. The Bertz CT molecular complexity index is 903. The molecule has 26 heavy (non-hydrogen) atoms. The molecule has 0 atom stereocenters. The van der Waals surface area contributed by atoms with Gasteiger partial charge in [-0.05, 0) is 41.5 Å². The zero-order valence-electron chi connectivity index (χ0n) is 13.9. The van der Waals surface area contributed by atoms with Crippen LogP contribution in [0.2, 0.25) is 0 Å². The molecule has 2 aliphatic heterocycles. The molecule has 2 aliphatic rings. The molecule has 2 aromatic rings. The fourth-order valence-corrected chi connectivity index (χ4v) is 2.73. The standard InChI is InChI=1S/C20H16FNO4/c21-15-5-2-13(3-6-15)12-19-22-16(20(23)26-19)10-14-4-7-17-18(11-14)25-9-1-8-24-17/h2-7,10-11H,1,8-9,12H2/b16-10+. The van der Waals surface area contributed by atoms with Gasteiger partial charge in [-0.2, -0.15) is 0 Å². The van der Waals surface area contributed by atoms with Crippen LogP contribution in [0.3, 0.4) is 0 Å². The van der Waals surface area contributed by atoms with E-state index in [1.54, 1.807) is 18.2 Å². The lowest BCUT2D eigenvalue weighted by Crippen LogP contribution is -2.06. The third-order valence-corrected chi connectivity index (χ3v) is 4.01. The lowest BCUT2D eigenvalue weighted by Gasteiger charge is -2.07. The van der Waals surface area contributed by atoms with Crippen molar-refractivity contribution in [3.05, 3.63) is 65.1 Å². The molecule has 0 saturated heterocycles. The maximum absolute atomic E-state index is 13.0. The van der Waals surface area contributed by atoms with Gasteiger partial charge < -0.3 is 14.2 Å². The van der Waals surface area contributed by atoms with Crippen molar-refractivity contribution in [3.63, 3.8) is 0 Å². The van der Waals surface area contributed by atoms with Crippen LogP contribution in [0.15, 0.2) is 53.2 Å². The molecule has 6 heteroatoms. The van der Waals surface area contributed by atoms with Gasteiger partial charge >= 0.3 is 5.97 Å². The minimum absolute atomic E-state index is 0.219. The molecule has 0 aromatic heterocycles. The van der Waals surface area contributed by atoms with E-state index >= 15 is 0 Å². The number of benzene rings is 2. The Kier molecular flexibility index (Phi) is 4.39. The van der Waals surface area contributed by atoms with E-state index in [1.165, 1.54) is 12.1 Å². The molecule has 0 aliphatic carbocycles. The van der Waals surface area contributed by atoms with E-state index in [0.29, 0.717) is 37.0 Å². The summed E-state index contributed by atoms with van der Waals surface area (Å²) in [6.07, 6.45) is 2.80. The van der Waals surface area contributed by atoms with Gasteiger partial charge in [0.2, 0.25) is 5.90 Å². The van der Waals surface area contributed by atoms with Crippen LogP contribution >= 0.6 is 0 Å². The fourth-order valence-electron chi connectivity index (χ4n) is 2.73. The highest BCUT2D eigenvalue weighted by Crippen LogP contribution is 2.31. The van der Waals surface area contributed by atoms with Crippen LogP contribution in [0, 0.1) is 5.82 Å². The van der Waals surface area contributed by atoms with Crippen molar-refractivity contribution in [3.8, 4) is 11.5 Å². The van der Waals surface area contributed by atoms with Crippen molar-refractivity contribution in [1.82, 2.24) is 0 Å². The van der Waals surface area contributed by atoms with Gasteiger partial charge in [-0.15, -0.1) is 0 Å². The molecule has 0 amide bonds. The Morgan fingerprint density at radius 2 is 1.81 bits per heavy atom. The molecule has 0 fully saturated rings. The molecular formula is C20H16FNO4. The molecule has 5 nitrogen and oxygen atoms in total. The third-order valence-electron chi connectivity index (χ3n) is 4.01. The Labute approximate surface area is 149 Å². The van der Waals surface area contributed by atoms with Crippen LogP contribution in [-0.2, 0) is 16.0 Å². The number of hydrogen-bond acceptors (Lipinski definition) is 5. The second-order valence-electron chi connectivity index (χ2n) is 5.98. The van der Waals surface area contributed by atoms with E-state index in [-0.39, 0.29) is 11.5 Å². The summed E-state index contributed by atoms with van der Waals surface area (Å²) in [6, 6.07) is 11.5. The van der Waals surface area contributed by atoms with E-state index < -0.39 is 5.97 Å². The van der Waals surface area contributed by atoms with Gasteiger partial charge in [0.25, 0.3) is 0 Å². The maximum Gasteiger partial charge on any atom is 0.363 e. The molecule has 4 rings (SSSR count). The summed E-state index contributed by atoms with van der Waals surface area (Å²) >= 11 is 0. The van der Waals surface area contributed by atoms with Crippen LogP contribution in [0.5, 0.6) is 11.5 Å². The average Bonchev–Trinajstić information content (AvgIpc) is 2.83. The first-order chi connectivity index (χ1) is 12.7. The number of aliphatic imine (C=N–C) groups is 1. The summed E-state index contributed by atoms with van der Waals surface area (Å²) in [5.74, 6) is 0.823. The summed E-state index contributed by atoms with van der Waals surface area (Å²) in [5, 5.41) is 0. The van der Waals surface area contributed by atoms with Crippen molar-refractivity contribution in [1.29, 1.82) is 0 Å². The SMILES string of the molecule is O=C1OC(Cc2ccc(F)cc2)=N/C1=C/c1ccc2c(c1)OCCCO2. The molecule has 0 N–H and O–H groups in total. The number of carbonyl (C=O) groups is 1. The largest absolute Gasteiger partial charge is 0.490 e. The normalized spacial score (nSPS) is 17.7. The summed E-state index contributed by atoms with van der Waals surface area (Å²) in [4.78, 5) is 16.3. The number of ether oxygens (including phenoxy) is 3. The number of rotatable bonds is 3. The van der Waals surface area contributed by atoms with Gasteiger partial charge in [-0.25, -0.2) is 14.2 Å². The molecular weight excluding hydrogens is 337 g/mol. The van der Waals surface area contributed by atoms with Gasteiger partial charge in [0.1, 0.15) is 5.82 Å². The van der Waals surface area contributed by atoms with Crippen molar-refractivity contribution >= 4 is 17.9 Å². The van der Waals surface area contributed by atoms with E-state index in [4.69, 9.17) is 14.2 Å². The second kappa shape index (κ2) is 7.00. The predicted octanol–water partition coefficient (Wildman–Crippen LogP) is 3.53. The van der Waals surface area contributed by atoms with E-state index in [2.05, 4.69) is 4.99 Å². The zero-order chi connectivity index (χ0) is 17.9. The monoisotopic (exact) mass is 353 g/mol. The molecule has 0 bridgehead atoms. The van der Waals surface area contributed by atoms with E-state index in [0.717, 1.165) is 17.5 Å². The highest BCUT2D eigenvalue weighted by molar-refractivity contribution is 6.07. The molecule has 0 spiro atoms. The highest BCUT2D eigenvalue weighted by Gasteiger charge is 2.23. The van der Waals surface area contributed by atoms with Crippen molar-refractivity contribution in [2.75, 3.05) is 13.2 Å². The quantitative estimate of drug-likeness (QED) is 0.626. The van der Waals surface area contributed by atoms with Crippen LogP contribution in [0.25, 0.3) is 6.08 Å². The lowest BCUT2D eigenvalue weighted by molar-refractivity contribution is -0.130. The van der Waals surface area contributed by atoms with Crippen LogP contribution in [0.4, 0.5) is 4.39 Å². The number of cyclic esters (lactones) is 1. The number of nitrogens with zero attached hydrogens (tertiary/aromatic N) is 1. The first-order valence-corrected chi connectivity index (χ1v) is 8.33. The summed E-state index contributed by atoms with van der Waals surface area (Å²) in [7, 11) is 0. The molecule has 0 unspecified atom stereocenters. The molecule has 0 radical (unpaired) electrons. The van der Waals surface area contributed by atoms with Gasteiger partial charge in [0.05, 0.1) is 13.2 Å². The Morgan fingerprint density at radius 1 is 1.04 bits per heavy atom. The number of hydrogen-bond donors (Lipinski definition) is 0. The summed E-state index contributed by atoms with van der Waals surface area (Å²) < 4.78 is 29.4. The summed E-state index contributed by atoms with van der Waals surface area (Å²) in [6.45, 7) is 1.21. The fraction of sp³-hybridized carbons (Fsp3) is 0.200. The topological polar surface area (TPSA) is 57.1 Å². The van der Waals surface area contributed by atoms with Crippen molar-refractivity contribution in [2.24, 2.45) is 4.99 Å².